The lowest BCUT2D eigenvalue weighted by Gasteiger charge is -2.25. The molecule has 5 rings (SSSR count). The molecule has 0 atom stereocenters. The molecule has 0 N–H and O–H groups in total. The average Bonchev–Trinajstić information content (AvgIpc) is 3.19. The number of aromatic nitrogens is 2. The summed E-state index contributed by atoms with van der Waals surface area (Å²) in [6.45, 7) is 2.28. The van der Waals surface area contributed by atoms with Crippen LogP contribution in [-0.2, 0) is 19.3 Å². The van der Waals surface area contributed by atoms with Crippen molar-refractivity contribution in [3.8, 4) is 0 Å². The molecule has 0 unspecified atom stereocenters. The van der Waals surface area contributed by atoms with Gasteiger partial charge in [-0.3, -0.25) is 4.40 Å². The van der Waals surface area contributed by atoms with Gasteiger partial charge in [0, 0.05) is 23.6 Å². The Morgan fingerprint density at radius 2 is 1.67 bits per heavy atom. The van der Waals surface area contributed by atoms with Gasteiger partial charge in [-0.05, 0) is 54.9 Å². The van der Waals surface area contributed by atoms with Crippen molar-refractivity contribution in [2.45, 2.75) is 77.0 Å². The van der Waals surface area contributed by atoms with E-state index in [0.29, 0.717) is 11.8 Å². The third-order valence-corrected chi connectivity index (χ3v) is 7.59. The molecule has 0 saturated heterocycles. The van der Waals surface area contributed by atoms with Crippen molar-refractivity contribution in [3.63, 3.8) is 0 Å². The number of fused-ring (bicyclic) bond motifs is 3. The minimum Gasteiger partial charge on any atom is -0.297 e. The van der Waals surface area contributed by atoms with Gasteiger partial charge in [0.2, 0.25) is 0 Å². The van der Waals surface area contributed by atoms with Gasteiger partial charge in [-0.25, -0.2) is 4.98 Å². The van der Waals surface area contributed by atoms with Crippen molar-refractivity contribution in [2.75, 3.05) is 5.88 Å². The van der Waals surface area contributed by atoms with Crippen LogP contribution in [0.2, 0.25) is 0 Å². The maximum absolute atomic E-state index is 6.38. The van der Waals surface area contributed by atoms with E-state index in [2.05, 4.69) is 65.9 Å². The van der Waals surface area contributed by atoms with Crippen molar-refractivity contribution in [1.82, 2.24) is 9.38 Å². The molecule has 2 aromatic carbocycles. The lowest BCUT2D eigenvalue weighted by molar-refractivity contribution is 0.425. The molecule has 4 aromatic rings. The zero-order chi connectivity index (χ0) is 22.6. The van der Waals surface area contributed by atoms with Crippen molar-refractivity contribution in [1.29, 1.82) is 0 Å². The Labute approximate surface area is 203 Å². The maximum atomic E-state index is 6.38. The second-order valence-corrected chi connectivity index (χ2v) is 9.99. The van der Waals surface area contributed by atoms with Crippen molar-refractivity contribution in [3.05, 3.63) is 82.8 Å². The highest BCUT2D eigenvalue weighted by Crippen LogP contribution is 2.38. The zero-order valence-electron chi connectivity index (χ0n) is 19.8. The monoisotopic (exact) mass is 458 g/mol. The van der Waals surface area contributed by atoms with Crippen LogP contribution in [-0.4, -0.2) is 15.3 Å². The third-order valence-electron chi connectivity index (χ3n) is 7.40. The molecule has 0 aliphatic heterocycles. The molecule has 1 aliphatic carbocycles. The molecule has 0 radical (unpaired) electrons. The van der Waals surface area contributed by atoms with E-state index in [9.17, 15) is 0 Å². The molecule has 1 saturated carbocycles. The lowest BCUT2D eigenvalue weighted by atomic mass is 9.88. The fourth-order valence-corrected chi connectivity index (χ4v) is 5.98. The molecule has 0 amide bonds. The Balaban J connectivity index is 1.82. The number of benzene rings is 2. The van der Waals surface area contributed by atoms with Gasteiger partial charge in [0.05, 0.1) is 16.7 Å². The molecule has 2 nitrogen and oxygen atoms in total. The Morgan fingerprint density at radius 3 is 2.42 bits per heavy atom. The first-order chi connectivity index (χ1) is 16.3. The SMILES string of the molecule is CCCCc1c(Cc2ccccc2)nc(C2CCCCC2)n2c1c(CCCl)c1ccccc12. The normalized spacial score (nSPS) is 15.0. The summed E-state index contributed by atoms with van der Waals surface area (Å²) in [6, 6.07) is 19.8. The number of para-hydroxylation sites is 1. The number of rotatable bonds is 8. The Kier molecular flexibility index (Phi) is 7.02. The maximum Gasteiger partial charge on any atom is 0.117 e. The number of aryl methyl sites for hydroxylation is 2. The van der Waals surface area contributed by atoms with Crippen LogP contribution in [0.5, 0.6) is 0 Å². The molecule has 33 heavy (non-hydrogen) atoms. The molecule has 0 spiro atoms. The van der Waals surface area contributed by atoms with E-state index >= 15 is 0 Å². The Hall–Kier alpha value is -2.32. The number of hydrogen-bond acceptors (Lipinski definition) is 1. The number of alkyl halides is 1. The van der Waals surface area contributed by atoms with E-state index in [1.54, 1.807) is 0 Å². The number of unbranched alkanes of at least 4 members (excludes halogenated alkanes) is 1. The first kappa shape index (κ1) is 22.5. The minimum absolute atomic E-state index is 0.538. The highest BCUT2D eigenvalue weighted by Gasteiger charge is 2.26. The van der Waals surface area contributed by atoms with Crippen LogP contribution in [0.25, 0.3) is 16.4 Å². The van der Waals surface area contributed by atoms with Crippen LogP contribution in [0.1, 0.15) is 86.0 Å². The van der Waals surface area contributed by atoms with Crippen molar-refractivity contribution in [2.24, 2.45) is 0 Å². The fraction of sp³-hybridized carbons (Fsp3) is 0.433. The fourth-order valence-electron chi connectivity index (χ4n) is 5.79. The Bertz CT molecular complexity index is 1220. The summed E-state index contributed by atoms with van der Waals surface area (Å²) in [4.78, 5) is 5.53. The second kappa shape index (κ2) is 10.3. The topological polar surface area (TPSA) is 17.3 Å². The molecule has 1 fully saturated rings. The number of halogens is 1. The van der Waals surface area contributed by atoms with Gasteiger partial charge in [0.25, 0.3) is 0 Å². The van der Waals surface area contributed by atoms with E-state index in [0.717, 1.165) is 19.3 Å². The first-order valence-corrected chi connectivity index (χ1v) is 13.4. The van der Waals surface area contributed by atoms with Gasteiger partial charge in [-0.1, -0.05) is 81.1 Å². The third kappa shape index (κ3) is 4.43. The predicted octanol–water partition coefficient (Wildman–Crippen LogP) is 8.25. The van der Waals surface area contributed by atoms with Gasteiger partial charge in [-0.15, -0.1) is 11.6 Å². The second-order valence-electron chi connectivity index (χ2n) is 9.61. The smallest absolute Gasteiger partial charge is 0.117 e. The Morgan fingerprint density at radius 1 is 0.909 bits per heavy atom. The summed E-state index contributed by atoms with van der Waals surface area (Å²) in [5.74, 6) is 2.47. The van der Waals surface area contributed by atoms with Crippen molar-refractivity contribution < 1.29 is 0 Å². The summed E-state index contributed by atoms with van der Waals surface area (Å²) in [5, 5.41) is 1.35. The molecule has 2 aromatic heterocycles. The van der Waals surface area contributed by atoms with E-state index in [1.807, 2.05) is 0 Å². The molecule has 0 bridgehead atoms. The number of nitrogens with zero attached hydrogens (tertiary/aromatic N) is 2. The van der Waals surface area contributed by atoms with Gasteiger partial charge in [-0.2, -0.15) is 0 Å². The van der Waals surface area contributed by atoms with E-state index in [4.69, 9.17) is 16.6 Å². The van der Waals surface area contributed by atoms with Crippen molar-refractivity contribution >= 4 is 28.0 Å². The van der Waals surface area contributed by atoms with Gasteiger partial charge in [0.1, 0.15) is 5.82 Å². The van der Waals surface area contributed by atoms with E-state index < -0.39 is 0 Å². The highest BCUT2D eigenvalue weighted by atomic mass is 35.5. The van der Waals surface area contributed by atoms with Gasteiger partial charge >= 0.3 is 0 Å². The van der Waals surface area contributed by atoms with Gasteiger partial charge in [0.15, 0.2) is 0 Å². The van der Waals surface area contributed by atoms with Crippen LogP contribution in [0, 0.1) is 0 Å². The largest absolute Gasteiger partial charge is 0.297 e. The zero-order valence-corrected chi connectivity index (χ0v) is 20.6. The summed E-state index contributed by atoms with van der Waals surface area (Å²) >= 11 is 6.38. The minimum atomic E-state index is 0.538. The quantitative estimate of drug-likeness (QED) is 0.243. The molecule has 2 heterocycles. The van der Waals surface area contributed by atoms with Crippen LogP contribution >= 0.6 is 11.6 Å². The summed E-state index contributed by atoms with van der Waals surface area (Å²) < 4.78 is 2.55. The highest BCUT2D eigenvalue weighted by molar-refractivity contribution is 6.18. The standard InChI is InChI=1S/C30H35ClN2/c1-2-3-16-26-27(21-22-12-6-4-7-13-22)32-30(23-14-8-5-9-15-23)33-28-18-11-10-17-24(28)25(19-20-31)29(26)33/h4,6-7,10-13,17-18,23H,2-3,5,8-9,14-16,19-21H2,1H3. The van der Waals surface area contributed by atoms with Gasteiger partial charge < -0.3 is 0 Å². The van der Waals surface area contributed by atoms with Crippen LogP contribution in [0.4, 0.5) is 0 Å². The molecule has 1 aliphatic rings. The predicted molar refractivity (Wildman–Crippen MR) is 141 cm³/mol. The molecule has 3 heteroatoms. The average molecular weight is 459 g/mol. The molecule has 172 valence electrons. The van der Waals surface area contributed by atoms with Crippen LogP contribution < -0.4 is 0 Å². The van der Waals surface area contributed by atoms with Crippen LogP contribution in [0.15, 0.2) is 54.6 Å². The number of hydrogen-bond donors (Lipinski definition) is 0. The van der Waals surface area contributed by atoms with Crippen LogP contribution in [0.3, 0.4) is 0 Å². The van der Waals surface area contributed by atoms with E-state index in [-0.39, 0.29) is 0 Å². The summed E-state index contributed by atoms with van der Waals surface area (Å²) in [7, 11) is 0. The molecular weight excluding hydrogens is 424 g/mol. The first-order valence-electron chi connectivity index (χ1n) is 12.8. The summed E-state index contributed by atoms with van der Waals surface area (Å²) in [6.07, 6.45) is 11.7. The summed E-state index contributed by atoms with van der Waals surface area (Å²) in [5.41, 5.74) is 8.20. The molecular formula is C30H35ClN2. The lowest BCUT2D eigenvalue weighted by Crippen LogP contribution is -2.16. The van der Waals surface area contributed by atoms with E-state index in [1.165, 1.54) is 89.6 Å².